The van der Waals surface area contributed by atoms with Crippen LogP contribution in [0.2, 0.25) is 0 Å². The maximum absolute atomic E-state index is 6.34. The summed E-state index contributed by atoms with van der Waals surface area (Å²) < 4.78 is 5.24. The molecule has 0 aliphatic carbocycles. The molecule has 0 saturated heterocycles. The highest BCUT2D eigenvalue weighted by Crippen LogP contribution is 2.27. The molecule has 1 aromatic carbocycles. The molecule has 0 N–H and O–H groups in total. The standard InChI is InChI=1S/C14H12ClN3OS/c1-9-16-11(8-20-9)7-12-17-14(19-18-12)13(15)10-5-3-2-4-6-10/h2-6,8,13H,7H2,1H3. The van der Waals surface area contributed by atoms with Crippen molar-refractivity contribution < 1.29 is 4.52 Å². The van der Waals surface area contributed by atoms with Crippen molar-refractivity contribution >= 4 is 22.9 Å². The zero-order chi connectivity index (χ0) is 13.9. The van der Waals surface area contributed by atoms with Crippen LogP contribution in [0, 0.1) is 6.92 Å². The van der Waals surface area contributed by atoms with Crippen LogP contribution in [-0.2, 0) is 6.42 Å². The smallest absolute Gasteiger partial charge is 0.249 e. The first-order valence-electron chi connectivity index (χ1n) is 6.15. The van der Waals surface area contributed by atoms with Gasteiger partial charge in [-0.3, -0.25) is 0 Å². The summed E-state index contributed by atoms with van der Waals surface area (Å²) in [5, 5.41) is 6.57. The van der Waals surface area contributed by atoms with Gasteiger partial charge in [0, 0.05) is 5.38 Å². The number of rotatable bonds is 4. The van der Waals surface area contributed by atoms with E-state index in [9.17, 15) is 0 Å². The highest BCUT2D eigenvalue weighted by molar-refractivity contribution is 7.09. The number of aromatic nitrogens is 3. The van der Waals surface area contributed by atoms with Gasteiger partial charge in [-0.2, -0.15) is 4.98 Å². The molecule has 0 spiro atoms. The third-order valence-electron chi connectivity index (χ3n) is 2.80. The van der Waals surface area contributed by atoms with E-state index in [1.807, 2.05) is 42.6 Å². The Morgan fingerprint density at radius 1 is 1.25 bits per heavy atom. The highest BCUT2D eigenvalue weighted by atomic mass is 35.5. The van der Waals surface area contributed by atoms with Crippen molar-refractivity contribution in [3.05, 3.63) is 63.7 Å². The van der Waals surface area contributed by atoms with Gasteiger partial charge in [-0.15, -0.1) is 22.9 Å². The summed E-state index contributed by atoms with van der Waals surface area (Å²) >= 11 is 7.95. The topological polar surface area (TPSA) is 51.8 Å². The molecule has 3 rings (SSSR count). The van der Waals surface area contributed by atoms with Crippen LogP contribution in [0.4, 0.5) is 0 Å². The normalized spacial score (nSPS) is 12.5. The summed E-state index contributed by atoms with van der Waals surface area (Å²) in [7, 11) is 0. The molecule has 1 atom stereocenters. The highest BCUT2D eigenvalue weighted by Gasteiger charge is 2.18. The summed E-state index contributed by atoms with van der Waals surface area (Å²) in [5.74, 6) is 1.02. The second kappa shape index (κ2) is 5.73. The van der Waals surface area contributed by atoms with Crippen LogP contribution in [-0.4, -0.2) is 15.1 Å². The maximum atomic E-state index is 6.34. The zero-order valence-electron chi connectivity index (χ0n) is 10.8. The zero-order valence-corrected chi connectivity index (χ0v) is 12.4. The Kier molecular flexibility index (Phi) is 3.80. The van der Waals surface area contributed by atoms with Crippen molar-refractivity contribution in [1.29, 1.82) is 0 Å². The molecule has 0 bridgehead atoms. The monoisotopic (exact) mass is 305 g/mol. The number of thiazole rings is 1. The first-order valence-corrected chi connectivity index (χ1v) is 7.46. The van der Waals surface area contributed by atoms with Gasteiger partial charge >= 0.3 is 0 Å². The molecule has 0 amide bonds. The van der Waals surface area contributed by atoms with E-state index in [1.54, 1.807) is 11.3 Å². The molecule has 3 aromatic rings. The molecule has 2 aromatic heterocycles. The van der Waals surface area contributed by atoms with Crippen molar-refractivity contribution in [2.75, 3.05) is 0 Å². The molecule has 2 heterocycles. The third-order valence-corrected chi connectivity index (χ3v) is 4.06. The fraction of sp³-hybridized carbons (Fsp3) is 0.214. The second-order valence-electron chi connectivity index (χ2n) is 4.36. The Labute approximate surface area is 125 Å². The summed E-state index contributed by atoms with van der Waals surface area (Å²) in [5.41, 5.74) is 1.89. The third kappa shape index (κ3) is 2.89. The van der Waals surface area contributed by atoms with Gasteiger partial charge in [-0.05, 0) is 12.5 Å². The van der Waals surface area contributed by atoms with E-state index in [0.29, 0.717) is 18.1 Å². The van der Waals surface area contributed by atoms with Crippen molar-refractivity contribution in [1.82, 2.24) is 15.1 Å². The van der Waals surface area contributed by atoms with E-state index in [2.05, 4.69) is 15.1 Å². The maximum Gasteiger partial charge on any atom is 0.249 e. The predicted octanol–water partition coefficient (Wildman–Crippen LogP) is 3.75. The van der Waals surface area contributed by atoms with E-state index in [4.69, 9.17) is 16.1 Å². The number of alkyl halides is 1. The molecule has 1 unspecified atom stereocenters. The van der Waals surface area contributed by atoms with Gasteiger partial charge in [0.2, 0.25) is 5.89 Å². The second-order valence-corrected chi connectivity index (χ2v) is 5.86. The molecule has 20 heavy (non-hydrogen) atoms. The average molecular weight is 306 g/mol. The van der Waals surface area contributed by atoms with Crippen LogP contribution in [0.1, 0.15) is 33.4 Å². The molecular formula is C14H12ClN3OS. The molecule has 6 heteroatoms. The van der Waals surface area contributed by atoms with E-state index >= 15 is 0 Å². The fourth-order valence-corrected chi connectivity index (χ4v) is 2.70. The van der Waals surface area contributed by atoms with Gasteiger partial charge in [-0.1, -0.05) is 35.5 Å². The van der Waals surface area contributed by atoms with Crippen LogP contribution < -0.4 is 0 Å². The van der Waals surface area contributed by atoms with Gasteiger partial charge in [0.05, 0.1) is 17.1 Å². The summed E-state index contributed by atoms with van der Waals surface area (Å²) in [4.78, 5) is 8.73. The summed E-state index contributed by atoms with van der Waals surface area (Å²) in [6, 6.07) is 9.67. The van der Waals surface area contributed by atoms with Crippen molar-refractivity contribution in [3.8, 4) is 0 Å². The molecule has 0 aliphatic rings. The SMILES string of the molecule is Cc1nc(Cc2noc(C(Cl)c3ccccc3)n2)cs1. The Morgan fingerprint density at radius 3 is 2.75 bits per heavy atom. The van der Waals surface area contributed by atoms with Crippen LogP contribution in [0.3, 0.4) is 0 Å². The van der Waals surface area contributed by atoms with Crippen molar-refractivity contribution in [3.63, 3.8) is 0 Å². The fourth-order valence-electron chi connectivity index (χ4n) is 1.86. The van der Waals surface area contributed by atoms with Gasteiger partial charge in [0.15, 0.2) is 5.82 Å². The Morgan fingerprint density at radius 2 is 2.05 bits per heavy atom. The van der Waals surface area contributed by atoms with Gasteiger partial charge in [0.25, 0.3) is 0 Å². The number of hydrogen-bond donors (Lipinski definition) is 0. The van der Waals surface area contributed by atoms with Crippen LogP contribution in [0.15, 0.2) is 40.2 Å². The molecule has 0 aliphatic heterocycles. The van der Waals surface area contributed by atoms with E-state index in [1.165, 1.54) is 0 Å². The number of halogens is 1. The Hall–Kier alpha value is -1.72. The first-order chi connectivity index (χ1) is 9.72. The lowest BCUT2D eigenvalue weighted by atomic mass is 10.1. The minimum Gasteiger partial charge on any atom is -0.337 e. The minimum absolute atomic E-state index is 0.416. The van der Waals surface area contributed by atoms with Crippen molar-refractivity contribution in [2.45, 2.75) is 18.7 Å². The Balaban J connectivity index is 1.76. The van der Waals surface area contributed by atoms with E-state index in [-0.39, 0.29) is 0 Å². The molecule has 0 radical (unpaired) electrons. The lowest BCUT2D eigenvalue weighted by Gasteiger charge is -2.03. The van der Waals surface area contributed by atoms with E-state index in [0.717, 1.165) is 16.3 Å². The lowest BCUT2D eigenvalue weighted by molar-refractivity contribution is 0.377. The van der Waals surface area contributed by atoms with Crippen LogP contribution in [0.25, 0.3) is 0 Å². The summed E-state index contributed by atoms with van der Waals surface area (Å²) in [6.07, 6.45) is 0.562. The number of aryl methyl sites for hydroxylation is 1. The minimum atomic E-state index is -0.422. The average Bonchev–Trinajstić information content (AvgIpc) is 3.09. The van der Waals surface area contributed by atoms with Crippen molar-refractivity contribution in [2.24, 2.45) is 0 Å². The molecule has 0 fully saturated rings. The van der Waals surface area contributed by atoms with Gasteiger partial charge < -0.3 is 4.52 Å². The van der Waals surface area contributed by atoms with Gasteiger partial charge in [-0.25, -0.2) is 4.98 Å². The molecule has 0 saturated carbocycles. The first kappa shape index (κ1) is 13.3. The van der Waals surface area contributed by atoms with E-state index < -0.39 is 5.38 Å². The largest absolute Gasteiger partial charge is 0.337 e. The predicted molar refractivity (Wildman–Crippen MR) is 78.1 cm³/mol. The lowest BCUT2D eigenvalue weighted by Crippen LogP contribution is -1.95. The number of nitrogens with zero attached hydrogens (tertiary/aromatic N) is 3. The summed E-state index contributed by atoms with van der Waals surface area (Å²) in [6.45, 7) is 1.97. The van der Waals surface area contributed by atoms with Gasteiger partial charge in [0.1, 0.15) is 5.38 Å². The molecule has 102 valence electrons. The Bertz CT molecular complexity index is 695. The number of hydrogen-bond acceptors (Lipinski definition) is 5. The molecule has 4 nitrogen and oxygen atoms in total. The number of benzene rings is 1. The van der Waals surface area contributed by atoms with Crippen LogP contribution >= 0.6 is 22.9 Å². The quantitative estimate of drug-likeness (QED) is 0.689. The molecular weight excluding hydrogens is 294 g/mol. The van der Waals surface area contributed by atoms with Crippen LogP contribution in [0.5, 0.6) is 0 Å².